The second kappa shape index (κ2) is 8.77. The number of fused-ring (bicyclic) bond motifs is 1. The van der Waals surface area contributed by atoms with E-state index in [1.165, 1.54) is 6.26 Å². The Hall–Kier alpha value is -3.15. The maximum atomic E-state index is 13.2. The minimum absolute atomic E-state index is 0.0299. The molecule has 0 spiro atoms. The molecular weight excluding hydrogens is 402 g/mol. The third-order valence-corrected chi connectivity index (χ3v) is 6.42. The van der Waals surface area contributed by atoms with Crippen molar-refractivity contribution < 1.29 is 14.1 Å². The molecule has 0 bridgehead atoms. The lowest BCUT2D eigenvalue weighted by Gasteiger charge is -2.38. The maximum Gasteiger partial charge on any atom is 0.252 e. The normalized spacial score (nSPS) is 16.0. The standard InChI is InChI=1S/C26H31N3O3/c1-25(2,3)19-10-7-9-18(15-19)23(30)27-17-26(13-5-4-6-14-26)28-24(31)20-11-8-12-22-21(20)16-32-29-22/h7-12,15-16H,4-6,13-14,17H2,1-3H3,(H,27,30)(H,28,31). The van der Waals surface area contributed by atoms with E-state index < -0.39 is 5.54 Å². The van der Waals surface area contributed by atoms with Crippen LogP contribution < -0.4 is 10.6 Å². The second-order valence-electron chi connectivity index (χ2n) is 9.86. The molecule has 1 aliphatic rings. The molecule has 0 aliphatic heterocycles. The van der Waals surface area contributed by atoms with Gasteiger partial charge in [-0.25, -0.2) is 0 Å². The number of nitrogens with one attached hydrogen (secondary N) is 2. The van der Waals surface area contributed by atoms with Crippen LogP contribution in [0.2, 0.25) is 0 Å². The molecule has 6 heteroatoms. The number of rotatable bonds is 5. The molecule has 0 atom stereocenters. The predicted octanol–water partition coefficient (Wildman–Crippen LogP) is 4.99. The number of nitrogens with zero attached hydrogens (tertiary/aromatic N) is 1. The van der Waals surface area contributed by atoms with Crippen molar-refractivity contribution in [3.8, 4) is 0 Å². The molecule has 0 saturated heterocycles. The molecule has 1 fully saturated rings. The van der Waals surface area contributed by atoms with Crippen LogP contribution in [0.4, 0.5) is 0 Å². The van der Waals surface area contributed by atoms with Crippen molar-refractivity contribution in [3.63, 3.8) is 0 Å². The summed E-state index contributed by atoms with van der Waals surface area (Å²) in [5.41, 5.74) is 2.46. The van der Waals surface area contributed by atoms with Gasteiger partial charge in [0.1, 0.15) is 11.8 Å². The molecule has 2 amide bonds. The highest BCUT2D eigenvalue weighted by Gasteiger charge is 2.35. The van der Waals surface area contributed by atoms with Crippen LogP contribution in [0.1, 0.15) is 79.2 Å². The second-order valence-corrected chi connectivity index (χ2v) is 9.86. The Balaban J connectivity index is 1.51. The number of aromatic nitrogens is 1. The predicted molar refractivity (Wildman–Crippen MR) is 125 cm³/mol. The molecule has 4 rings (SSSR count). The highest BCUT2D eigenvalue weighted by atomic mass is 16.5. The van der Waals surface area contributed by atoms with Crippen LogP contribution in [0, 0.1) is 0 Å². The van der Waals surface area contributed by atoms with Crippen LogP contribution in [-0.2, 0) is 5.41 Å². The van der Waals surface area contributed by atoms with E-state index in [1.54, 1.807) is 12.1 Å². The summed E-state index contributed by atoms with van der Waals surface area (Å²) in [7, 11) is 0. The maximum absolute atomic E-state index is 13.2. The van der Waals surface area contributed by atoms with Crippen molar-refractivity contribution in [2.45, 2.75) is 63.8 Å². The Morgan fingerprint density at radius 2 is 1.78 bits per heavy atom. The summed E-state index contributed by atoms with van der Waals surface area (Å²) in [5, 5.41) is 11.0. The lowest BCUT2D eigenvalue weighted by Crippen LogP contribution is -2.56. The van der Waals surface area contributed by atoms with Crippen molar-refractivity contribution in [1.82, 2.24) is 15.8 Å². The summed E-state index contributed by atoms with van der Waals surface area (Å²) in [6.45, 7) is 6.79. The van der Waals surface area contributed by atoms with Crippen LogP contribution in [-0.4, -0.2) is 29.1 Å². The van der Waals surface area contributed by atoms with Gasteiger partial charge in [-0.2, -0.15) is 0 Å². The number of hydrogen-bond acceptors (Lipinski definition) is 4. The molecule has 1 saturated carbocycles. The average molecular weight is 434 g/mol. The number of carbonyl (C=O) groups excluding carboxylic acids is 2. The van der Waals surface area contributed by atoms with Crippen molar-refractivity contribution in [2.75, 3.05) is 6.54 Å². The van der Waals surface area contributed by atoms with Gasteiger partial charge >= 0.3 is 0 Å². The van der Waals surface area contributed by atoms with Gasteiger partial charge in [0.15, 0.2) is 0 Å². The van der Waals surface area contributed by atoms with Gasteiger partial charge in [0, 0.05) is 12.1 Å². The fraction of sp³-hybridized carbons (Fsp3) is 0.423. The number of hydrogen-bond donors (Lipinski definition) is 2. The third kappa shape index (κ3) is 4.69. The van der Waals surface area contributed by atoms with E-state index in [1.807, 2.05) is 30.3 Å². The molecule has 6 nitrogen and oxygen atoms in total. The number of benzene rings is 2. The van der Waals surface area contributed by atoms with Crippen LogP contribution >= 0.6 is 0 Å². The molecule has 3 aromatic rings. The Labute approximate surface area is 188 Å². The molecule has 1 heterocycles. The van der Waals surface area contributed by atoms with Gasteiger partial charge in [-0.15, -0.1) is 0 Å². The third-order valence-electron chi connectivity index (χ3n) is 6.42. The summed E-state index contributed by atoms with van der Waals surface area (Å²) >= 11 is 0. The molecule has 2 aromatic carbocycles. The minimum atomic E-state index is -0.466. The molecule has 0 radical (unpaired) electrons. The summed E-state index contributed by atoms with van der Waals surface area (Å²) in [4.78, 5) is 26.2. The van der Waals surface area contributed by atoms with Gasteiger partial charge in [-0.3, -0.25) is 9.59 Å². The molecular formula is C26H31N3O3. The van der Waals surface area contributed by atoms with Crippen molar-refractivity contribution in [3.05, 3.63) is 65.4 Å². The fourth-order valence-electron chi connectivity index (χ4n) is 4.45. The van der Waals surface area contributed by atoms with Crippen LogP contribution in [0.3, 0.4) is 0 Å². The van der Waals surface area contributed by atoms with E-state index in [0.717, 1.165) is 37.7 Å². The summed E-state index contributed by atoms with van der Waals surface area (Å²) in [6.07, 6.45) is 6.35. The SMILES string of the molecule is CC(C)(C)c1cccc(C(=O)NCC2(NC(=O)c3cccc4nocc34)CCCCC2)c1. The van der Waals surface area contributed by atoms with Gasteiger partial charge in [-0.05, 0) is 48.1 Å². The highest BCUT2D eigenvalue weighted by Crippen LogP contribution is 2.29. The first-order chi connectivity index (χ1) is 15.3. The lowest BCUT2D eigenvalue weighted by molar-refractivity contribution is 0.0834. The Morgan fingerprint density at radius 3 is 2.53 bits per heavy atom. The van der Waals surface area contributed by atoms with Gasteiger partial charge in [0.2, 0.25) is 0 Å². The molecule has 168 valence electrons. The average Bonchev–Trinajstić information content (AvgIpc) is 3.26. The molecule has 0 unspecified atom stereocenters. The summed E-state index contributed by atoms with van der Waals surface area (Å²) in [6, 6.07) is 13.2. The lowest BCUT2D eigenvalue weighted by atomic mass is 9.81. The van der Waals surface area contributed by atoms with Gasteiger partial charge in [0.25, 0.3) is 11.8 Å². The summed E-state index contributed by atoms with van der Waals surface area (Å²) in [5.74, 6) is -0.277. The quantitative estimate of drug-likeness (QED) is 0.594. The van der Waals surface area contributed by atoms with E-state index >= 15 is 0 Å². The van der Waals surface area contributed by atoms with E-state index in [4.69, 9.17) is 4.52 Å². The fourth-order valence-corrected chi connectivity index (χ4v) is 4.45. The van der Waals surface area contributed by atoms with E-state index in [2.05, 4.69) is 36.6 Å². The highest BCUT2D eigenvalue weighted by molar-refractivity contribution is 6.06. The Bertz CT molecular complexity index is 1120. The van der Waals surface area contributed by atoms with Crippen LogP contribution in [0.25, 0.3) is 10.9 Å². The van der Waals surface area contributed by atoms with E-state index in [0.29, 0.717) is 28.6 Å². The zero-order valence-corrected chi connectivity index (χ0v) is 19.0. The van der Waals surface area contributed by atoms with Gasteiger partial charge in [-0.1, -0.05) is 63.4 Å². The Morgan fingerprint density at radius 1 is 1.03 bits per heavy atom. The van der Waals surface area contributed by atoms with Crippen molar-refractivity contribution >= 4 is 22.7 Å². The first-order valence-electron chi connectivity index (χ1n) is 11.3. The smallest absolute Gasteiger partial charge is 0.252 e. The van der Waals surface area contributed by atoms with Crippen LogP contribution in [0.15, 0.2) is 53.3 Å². The zero-order valence-electron chi connectivity index (χ0n) is 19.0. The van der Waals surface area contributed by atoms with E-state index in [9.17, 15) is 9.59 Å². The van der Waals surface area contributed by atoms with Gasteiger partial charge in [0.05, 0.1) is 16.5 Å². The monoisotopic (exact) mass is 433 g/mol. The van der Waals surface area contributed by atoms with Crippen molar-refractivity contribution in [1.29, 1.82) is 0 Å². The molecule has 32 heavy (non-hydrogen) atoms. The first-order valence-corrected chi connectivity index (χ1v) is 11.3. The summed E-state index contributed by atoms with van der Waals surface area (Å²) < 4.78 is 5.05. The van der Waals surface area contributed by atoms with Crippen molar-refractivity contribution in [2.24, 2.45) is 0 Å². The van der Waals surface area contributed by atoms with Gasteiger partial charge < -0.3 is 15.2 Å². The molecule has 1 aliphatic carbocycles. The van der Waals surface area contributed by atoms with Crippen LogP contribution in [0.5, 0.6) is 0 Å². The van der Waals surface area contributed by atoms with E-state index in [-0.39, 0.29) is 17.2 Å². The minimum Gasteiger partial charge on any atom is -0.363 e. The topological polar surface area (TPSA) is 84.2 Å². The molecule has 1 aromatic heterocycles. The first kappa shape index (κ1) is 22.1. The largest absolute Gasteiger partial charge is 0.363 e. The zero-order chi connectivity index (χ0) is 22.8. The number of amides is 2. The Kier molecular flexibility index (Phi) is 6.04. The number of carbonyl (C=O) groups is 2. The molecule has 2 N–H and O–H groups in total.